The number of benzene rings is 3. The molecule has 0 aliphatic heterocycles. The molecule has 0 radical (unpaired) electrons. The molecule has 0 saturated carbocycles. The Labute approximate surface area is 391 Å². The minimum absolute atomic E-state index is 0.241. The monoisotopic (exact) mass is 974 g/mol. The fourth-order valence-corrected chi connectivity index (χ4v) is 15.3. The zero-order valence-corrected chi connectivity index (χ0v) is 42.8. The average Bonchev–Trinajstić information content (AvgIpc) is 4.05. The van der Waals surface area contributed by atoms with E-state index in [-0.39, 0.29) is 32.0 Å². The van der Waals surface area contributed by atoms with Gasteiger partial charge in [0.15, 0.2) is 0 Å². The molecule has 334 valence electrons. The van der Waals surface area contributed by atoms with Crippen LogP contribution in [0.3, 0.4) is 0 Å². The van der Waals surface area contributed by atoms with Crippen molar-refractivity contribution < 1.29 is 26.3 Å². The Morgan fingerprint density at radius 1 is 0.438 bits per heavy atom. The van der Waals surface area contributed by atoms with Crippen LogP contribution in [0, 0.1) is 20.8 Å². The summed E-state index contributed by atoms with van der Waals surface area (Å²) in [6, 6.07) is 35.6. The summed E-state index contributed by atoms with van der Waals surface area (Å²) in [5.41, 5.74) is 2.41. The molecule has 64 heavy (non-hydrogen) atoms. The second-order valence-electron chi connectivity index (χ2n) is 19.4. The lowest BCUT2D eigenvalue weighted by Gasteiger charge is -2.26. The van der Waals surface area contributed by atoms with E-state index in [1.807, 2.05) is 48.5 Å². The minimum Gasteiger partial charge on any atom is -0.194 e. The summed E-state index contributed by atoms with van der Waals surface area (Å²) >= 11 is 5.34. The van der Waals surface area contributed by atoms with Crippen molar-refractivity contribution in [2.75, 3.05) is 0 Å². The van der Waals surface area contributed by atoms with Crippen LogP contribution in [0.4, 0.5) is 26.3 Å². The van der Waals surface area contributed by atoms with E-state index >= 15 is 26.3 Å². The molecule has 1 aliphatic rings. The van der Waals surface area contributed by atoms with Crippen LogP contribution in [0.5, 0.6) is 0 Å². The molecule has 4 heterocycles. The largest absolute Gasteiger partial charge is 0.380 e. The van der Waals surface area contributed by atoms with Gasteiger partial charge in [-0.2, -0.15) is 26.3 Å². The molecule has 0 unspecified atom stereocenters. The van der Waals surface area contributed by atoms with Crippen LogP contribution in [-0.4, -0.2) is 33.9 Å². The van der Waals surface area contributed by atoms with Gasteiger partial charge in [0.25, 0.3) is 0 Å². The summed E-state index contributed by atoms with van der Waals surface area (Å²) in [7, 11) is -2.63. The van der Waals surface area contributed by atoms with Gasteiger partial charge in [-0.15, -0.1) is 45.3 Å². The van der Waals surface area contributed by atoms with E-state index in [1.165, 1.54) is 34.3 Å². The molecule has 0 N–H and O–H groups in total. The number of halogens is 6. The maximum Gasteiger partial charge on any atom is 0.380 e. The third-order valence-corrected chi connectivity index (χ3v) is 20.8. The van der Waals surface area contributed by atoms with Crippen LogP contribution in [0.1, 0.15) is 38.3 Å². The molecule has 12 heteroatoms. The van der Waals surface area contributed by atoms with Gasteiger partial charge in [-0.05, 0) is 96.8 Å². The highest BCUT2D eigenvalue weighted by molar-refractivity contribution is 7.28. The van der Waals surface area contributed by atoms with Gasteiger partial charge in [0.2, 0.25) is 0 Å². The van der Waals surface area contributed by atoms with Crippen LogP contribution >= 0.6 is 45.3 Å². The van der Waals surface area contributed by atoms with E-state index in [0.717, 1.165) is 61.5 Å². The van der Waals surface area contributed by atoms with E-state index < -0.39 is 45.1 Å². The Balaban J connectivity index is 1.31. The summed E-state index contributed by atoms with van der Waals surface area (Å²) in [5.74, 6) is -16.1. The highest BCUT2D eigenvalue weighted by Gasteiger charge is 2.80. The number of allylic oxidation sites excluding steroid dienone is 2. The zero-order chi connectivity index (χ0) is 46.1. The fourth-order valence-electron chi connectivity index (χ4n) is 8.54. The SMILES string of the molecule is Cc1sc(-c2ccccc2)c(C)c1C1=C(c2c(-c3ccc(-c4ccc(-c5cccc(CC[Si](C)(C)C)c5)s4)s3)sc(-c3cccc(CC[Si](C)(C)C)c3)c2C)C(F)(F)C(F)(F)C1(F)F. The molecule has 1 aliphatic carbocycles. The van der Waals surface area contributed by atoms with Gasteiger partial charge >= 0.3 is 17.8 Å². The predicted molar refractivity (Wildman–Crippen MR) is 271 cm³/mol. The Bertz CT molecular complexity index is 2880. The molecule has 0 fully saturated rings. The fraction of sp³-hybridized carbons (Fsp3) is 0.308. The number of hydrogen-bond donors (Lipinski definition) is 0. The highest BCUT2D eigenvalue weighted by atomic mass is 32.1. The minimum atomic E-state index is -5.69. The van der Waals surface area contributed by atoms with Crippen molar-refractivity contribution in [3.63, 3.8) is 0 Å². The molecule has 3 aromatic carbocycles. The van der Waals surface area contributed by atoms with Crippen molar-refractivity contribution in [2.45, 2.75) is 103 Å². The topological polar surface area (TPSA) is 0 Å². The normalized spacial score (nSPS) is 16.0. The highest BCUT2D eigenvalue weighted by Crippen LogP contribution is 2.68. The first kappa shape index (κ1) is 46.7. The van der Waals surface area contributed by atoms with Gasteiger partial charge < -0.3 is 0 Å². The van der Waals surface area contributed by atoms with E-state index in [0.29, 0.717) is 20.2 Å². The van der Waals surface area contributed by atoms with E-state index in [9.17, 15) is 0 Å². The Kier molecular flexibility index (Phi) is 12.5. The lowest BCUT2D eigenvalue weighted by molar-refractivity contribution is -0.254. The number of hydrogen-bond acceptors (Lipinski definition) is 4. The smallest absolute Gasteiger partial charge is 0.194 e. The number of aryl methyl sites for hydroxylation is 3. The summed E-state index contributed by atoms with van der Waals surface area (Å²) in [6.07, 6.45) is 1.86. The van der Waals surface area contributed by atoms with Gasteiger partial charge in [0.1, 0.15) is 0 Å². The Morgan fingerprint density at radius 2 is 0.891 bits per heavy atom. The first-order chi connectivity index (χ1) is 30.0. The van der Waals surface area contributed by atoms with Crippen molar-refractivity contribution in [3.8, 4) is 50.8 Å². The molecule has 8 rings (SSSR count). The molecule has 4 aromatic heterocycles. The lowest BCUT2D eigenvalue weighted by Crippen LogP contribution is -2.49. The van der Waals surface area contributed by atoms with Crippen molar-refractivity contribution in [1.82, 2.24) is 0 Å². The standard InChI is InChI=1S/C52H52F6S4Si2/c1-31-43(33(3)59-47(31)36-17-11-10-12-18-36)45-46(51(55,56)52(57,58)50(45,53)54)44-32(2)48(38-20-14-16-35(30-38)26-28-64(7,8)9)62-49(44)42-24-23-41(61-42)40-22-21-39(60-40)37-19-13-15-34(29-37)25-27-63(4,5)6/h10-24,29-30H,25-28H2,1-9H3. The molecule has 0 bridgehead atoms. The number of rotatable bonds is 13. The Hall–Kier alpha value is -3.79. The summed E-state index contributed by atoms with van der Waals surface area (Å²) in [6.45, 7) is 18.8. The quantitative estimate of drug-likeness (QED) is 0.0798. The predicted octanol–water partition coefficient (Wildman–Crippen LogP) is 18.8. The summed E-state index contributed by atoms with van der Waals surface area (Å²) < 4.78 is 99.7. The third kappa shape index (κ3) is 8.67. The molecule has 0 spiro atoms. The maximum absolute atomic E-state index is 17.0. The van der Waals surface area contributed by atoms with Crippen LogP contribution in [-0.2, 0) is 12.8 Å². The van der Waals surface area contributed by atoms with Crippen LogP contribution in [0.15, 0.2) is 103 Å². The maximum atomic E-state index is 17.0. The molecular weight excluding hydrogens is 923 g/mol. The van der Waals surface area contributed by atoms with Gasteiger partial charge in [0, 0.05) is 72.6 Å². The van der Waals surface area contributed by atoms with Crippen LogP contribution in [0.25, 0.3) is 62.0 Å². The van der Waals surface area contributed by atoms with Crippen molar-refractivity contribution in [3.05, 3.63) is 141 Å². The molecular formula is C52H52F6S4Si2. The summed E-state index contributed by atoms with van der Waals surface area (Å²) in [4.78, 5) is 5.18. The van der Waals surface area contributed by atoms with Crippen LogP contribution in [0.2, 0.25) is 51.4 Å². The zero-order valence-electron chi connectivity index (χ0n) is 37.5. The van der Waals surface area contributed by atoms with Crippen molar-refractivity contribution in [1.29, 1.82) is 0 Å². The van der Waals surface area contributed by atoms with Gasteiger partial charge in [-0.1, -0.05) is 130 Å². The van der Waals surface area contributed by atoms with Gasteiger partial charge in [-0.3, -0.25) is 0 Å². The third-order valence-electron chi connectivity index (χ3n) is 12.1. The van der Waals surface area contributed by atoms with Crippen LogP contribution < -0.4 is 0 Å². The number of alkyl halides is 6. The first-order valence-electron chi connectivity index (χ1n) is 21.6. The molecule has 0 nitrogen and oxygen atoms in total. The van der Waals surface area contributed by atoms with Crippen molar-refractivity contribution >= 4 is 72.6 Å². The second kappa shape index (κ2) is 17.1. The average molecular weight is 975 g/mol. The molecule has 7 aromatic rings. The number of thiophene rings is 4. The lowest BCUT2D eigenvalue weighted by atomic mass is 9.89. The summed E-state index contributed by atoms with van der Waals surface area (Å²) in [5, 5.41) is 0. The second-order valence-corrected chi connectivity index (χ2v) is 35.1. The van der Waals surface area contributed by atoms with E-state index in [2.05, 4.69) is 69.6 Å². The van der Waals surface area contributed by atoms with Gasteiger partial charge in [-0.25, -0.2) is 0 Å². The Morgan fingerprint density at radius 3 is 1.47 bits per heavy atom. The molecule has 0 amide bonds. The molecule has 0 atom stereocenters. The van der Waals surface area contributed by atoms with Crippen molar-refractivity contribution in [2.24, 2.45) is 0 Å². The first-order valence-corrected chi connectivity index (χ1v) is 32.2. The van der Waals surface area contributed by atoms with E-state index in [1.54, 1.807) is 56.4 Å². The van der Waals surface area contributed by atoms with Gasteiger partial charge in [0.05, 0.1) is 4.88 Å². The molecule has 0 saturated heterocycles. The van der Waals surface area contributed by atoms with E-state index in [4.69, 9.17) is 0 Å².